The molecule has 2 aromatic heterocycles. The zero-order valence-electron chi connectivity index (χ0n) is 12.7. The number of carboxylic acid groups (broad SMARTS) is 1. The van der Waals surface area contributed by atoms with E-state index >= 15 is 0 Å². The molecule has 1 saturated carbocycles. The van der Waals surface area contributed by atoms with Crippen LogP contribution >= 0.6 is 0 Å². The number of carbonyl (C=O) groups is 1. The van der Waals surface area contributed by atoms with E-state index in [9.17, 15) is 13.2 Å². The Labute approximate surface area is 132 Å². The first-order valence-electron chi connectivity index (χ1n) is 7.30. The van der Waals surface area contributed by atoms with E-state index in [1.165, 1.54) is 6.07 Å². The van der Waals surface area contributed by atoms with Crippen LogP contribution in [-0.2, 0) is 14.8 Å². The van der Waals surface area contributed by atoms with Gasteiger partial charge in [0.1, 0.15) is 10.9 Å². The number of hydrogen-bond donors (Lipinski definition) is 2. The lowest BCUT2D eigenvalue weighted by molar-refractivity contribution is -0.140. The number of nitrogens with zero attached hydrogens (tertiary/aromatic N) is 2. The minimum absolute atomic E-state index is 0.0954. The minimum atomic E-state index is -4.00. The molecule has 2 N–H and O–H groups in total. The Balaban J connectivity index is 1.97. The van der Waals surface area contributed by atoms with Crippen molar-refractivity contribution in [2.24, 2.45) is 5.92 Å². The van der Waals surface area contributed by atoms with Crippen LogP contribution < -0.4 is 4.72 Å². The van der Waals surface area contributed by atoms with Gasteiger partial charge in [0.2, 0.25) is 10.0 Å². The normalized spacial score (nSPS) is 16.8. The van der Waals surface area contributed by atoms with Gasteiger partial charge in [-0.3, -0.25) is 4.79 Å². The first-order valence-corrected chi connectivity index (χ1v) is 8.78. The molecule has 0 amide bonds. The van der Waals surface area contributed by atoms with E-state index < -0.39 is 28.0 Å². The van der Waals surface area contributed by atoms with Crippen molar-refractivity contribution in [3.8, 4) is 0 Å². The van der Waals surface area contributed by atoms with E-state index in [4.69, 9.17) is 9.63 Å². The Kier molecular flexibility index (Phi) is 3.85. The van der Waals surface area contributed by atoms with Gasteiger partial charge in [0.15, 0.2) is 0 Å². The monoisotopic (exact) mass is 339 g/mol. The summed E-state index contributed by atoms with van der Waals surface area (Å²) in [6, 6.07) is 0.231. The maximum Gasteiger partial charge on any atom is 0.322 e. The molecule has 0 unspecified atom stereocenters. The molecule has 2 heterocycles. The highest BCUT2D eigenvalue weighted by atomic mass is 32.2. The average molecular weight is 339 g/mol. The standard InChI is InChI=1S/C14H17N3O5S/c1-7(2)11(14(18)19)17-23(20,21)9-5-10-12(8-3-4-8)16-22-13(10)15-6-9/h5-8,11,17H,3-4H2,1-2H3,(H,18,19)/t11-/m1/s1. The van der Waals surface area contributed by atoms with Crippen LogP contribution in [-0.4, -0.2) is 35.7 Å². The molecule has 1 aliphatic rings. The van der Waals surface area contributed by atoms with Crippen molar-refractivity contribution in [3.05, 3.63) is 18.0 Å². The molecule has 8 nitrogen and oxygen atoms in total. The van der Waals surface area contributed by atoms with Crippen molar-refractivity contribution in [2.75, 3.05) is 0 Å². The smallest absolute Gasteiger partial charge is 0.322 e. The van der Waals surface area contributed by atoms with Crippen molar-refractivity contribution in [1.29, 1.82) is 0 Å². The highest BCUT2D eigenvalue weighted by molar-refractivity contribution is 7.89. The fourth-order valence-corrected chi connectivity index (χ4v) is 3.64. The second-order valence-electron chi connectivity index (χ2n) is 6.05. The van der Waals surface area contributed by atoms with Gasteiger partial charge >= 0.3 is 5.97 Å². The molecule has 1 fully saturated rings. The minimum Gasteiger partial charge on any atom is -0.480 e. The molecule has 0 radical (unpaired) electrons. The van der Waals surface area contributed by atoms with Crippen LogP contribution in [0.1, 0.15) is 38.3 Å². The summed E-state index contributed by atoms with van der Waals surface area (Å²) in [7, 11) is -4.00. The number of fused-ring (bicyclic) bond motifs is 1. The first kappa shape index (κ1) is 15.9. The maximum absolute atomic E-state index is 12.4. The largest absolute Gasteiger partial charge is 0.480 e. The average Bonchev–Trinajstić information content (AvgIpc) is 3.23. The second kappa shape index (κ2) is 5.57. The van der Waals surface area contributed by atoms with E-state index in [-0.39, 0.29) is 16.5 Å². The predicted molar refractivity (Wildman–Crippen MR) is 80.4 cm³/mol. The third kappa shape index (κ3) is 3.06. The number of sulfonamides is 1. The number of carboxylic acids is 1. The molecule has 0 bridgehead atoms. The van der Waals surface area contributed by atoms with Crippen molar-refractivity contribution in [2.45, 2.75) is 43.5 Å². The Morgan fingerprint density at radius 2 is 2.13 bits per heavy atom. The number of pyridine rings is 1. The molecular weight excluding hydrogens is 322 g/mol. The second-order valence-corrected chi connectivity index (χ2v) is 7.76. The van der Waals surface area contributed by atoms with Gasteiger partial charge in [0, 0.05) is 5.92 Å². The molecule has 124 valence electrons. The SMILES string of the molecule is CC(C)[C@@H](NS(=O)(=O)c1cnc2onc(C3CC3)c2c1)C(=O)O. The Hall–Kier alpha value is -2.00. The molecule has 0 saturated heterocycles. The summed E-state index contributed by atoms with van der Waals surface area (Å²) in [5, 5.41) is 13.7. The number of nitrogens with one attached hydrogen (secondary N) is 1. The summed E-state index contributed by atoms with van der Waals surface area (Å²) in [6.45, 7) is 3.27. The number of aliphatic carboxylic acids is 1. The molecule has 2 aromatic rings. The summed E-state index contributed by atoms with van der Waals surface area (Å²) < 4.78 is 32.2. The third-order valence-corrected chi connectivity index (χ3v) is 5.23. The molecule has 23 heavy (non-hydrogen) atoms. The van der Waals surface area contributed by atoms with Gasteiger partial charge in [-0.2, -0.15) is 4.72 Å². The topological polar surface area (TPSA) is 122 Å². The maximum atomic E-state index is 12.4. The molecule has 9 heteroatoms. The quantitative estimate of drug-likeness (QED) is 0.817. The van der Waals surface area contributed by atoms with Gasteiger partial charge in [-0.05, 0) is 24.8 Å². The van der Waals surface area contributed by atoms with Crippen LogP contribution in [0, 0.1) is 5.92 Å². The lowest BCUT2D eigenvalue weighted by Crippen LogP contribution is -2.44. The van der Waals surface area contributed by atoms with Crippen LogP contribution in [0.15, 0.2) is 21.7 Å². The summed E-state index contributed by atoms with van der Waals surface area (Å²) >= 11 is 0. The van der Waals surface area contributed by atoms with Gasteiger partial charge in [-0.1, -0.05) is 19.0 Å². The fourth-order valence-electron chi connectivity index (χ4n) is 2.34. The zero-order chi connectivity index (χ0) is 16.8. The lowest BCUT2D eigenvalue weighted by Gasteiger charge is -2.17. The van der Waals surface area contributed by atoms with E-state index in [0.717, 1.165) is 19.0 Å². The summed E-state index contributed by atoms with van der Waals surface area (Å²) in [4.78, 5) is 15.1. The van der Waals surface area contributed by atoms with Crippen LogP contribution in [0.3, 0.4) is 0 Å². The van der Waals surface area contributed by atoms with Crippen molar-refractivity contribution >= 4 is 27.1 Å². The summed E-state index contributed by atoms with van der Waals surface area (Å²) in [5.41, 5.74) is 0.993. The summed E-state index contributed by atoms with van der Waals surface area (Å²) in [6.07, 6.45) is 3.13. The van der Waals surface area contributed by atoms with Crippen molar-refractivity contribution < 1.29 is 22.8 Å². The van der Waals surface area contributed by atoms with Crippen molar-refractivity contribution in [1.82, 2.24) is 14.9 Å². The van der Waals surface area contributed by atoms with E-state index in [1.54, 1.807) is 13.8 Å². The number of aromatic nitrogens is 2. The molecule has 0 aromatic carbocycles. The van der Waals surface area contributed by atoms with Gasteiger partial charge < -0.3 is 9.63 Å². The fraction of sp³-hybridized carbons (Fsp3) is 0.500. The van der Waals surface area contributed by atoms with Gasteiger partial charge in [-0.15, -0.1) is 0 Å². The Morgan fingerprint density at radius 3 is 2.70 bits per heavy atom. The Morgan fingerprint density at radius 1 is 1.43 bits per heavy atom. The Bertz CT molecular complexity index is 854. The van der Waals surface area contributed by atoms with E-state index in [2.05, 4.69) is 14.9 Å². The number of hydrogen-bond acceptors (Lipinski definition) is 6. The molecule has 0 aliphatic heterocycles. The van der Waals surface area contributed by atoms with Crippen LogP contribution in [0.5, 0.6) is 0 Å². The van der Waals surface area contributed by atoms with Gasteiger partial charge in [0.25, 0.3) is 5.71 Å². The summed E-state index contributed by atoms with van der Waals surface area (Å²) in [5.74, 6) is -1.33. The number of rotatable bonds is 6. The first-order chi connectivity index (χ1) is 10.8. The van der Waals surface area contributed by atoms with Crippen LogP contribution in [0.25, 0.3) is 11.1 Å². The third-order valence-electron chi connectivity index (χ3n) is 3.82. The molecule has 1 atom stereocenters. The van der Waals surface area contributed by atoms with Gasteiger partial charge in [-0.25, -0.2) is 13.4 Å². The highest BCUT2D eigenvalue weighted by Gasteiger charge is 2.32. The van der Waals surface area contributed by atoms with E-state index in [1.807, 2.05) is 0 Å². The lowest BCUT2D eigenvalue weighted by atomic mass is 10.1. The molecular formula is C14H17N3O5S. The predicted octanol–water partition coefficient (Wildman–Crippen LogP) is 1.49. The van der Waals surface area contributed by atoms with E-state index in [0.29, 0.717) is 11.1 Å². The molecule has 3 rings (SSSR count). The van der Waals surface area contributed by atoms with Crippen molar-refractivity contribution in [3.63, 3.8) is 0 Å². The molecule has 0 spiro atoms. The highest BCUT2D eigenvalue weighted by Crippen LogP contribution is 2.42. The van der Waals surface area contributed by atoms with Crippen LogP contribution in [0.4, 0.5) is 0 Å². The zero-order valence-corrected chi connectivity index (χ0v) is 13.5. The van der Waals surface area contributed by atoms with Gasteiger partial charge in [0.05, 0.1) is 17.3 Å². The molecule has 1 aliphatic carbocycles. The van der Waals surface area contributed by atoms with Crippen LogP contribution in [0.2, 0.25) is 0 Å².